The van der Waals surface area contributed by atoms with Crippen molar-refractivity contribution in [2.75, 3.05) is 6.61 Å². The number of ether oxygens (including phenoxy) is 1. The number of hydrogen-bond donors (Lipinski definition) is 1. The molecule has 1 unspecified atom stereocenters. The molecular formula is C12H22ClN3O. The van der Waals surface area contributed by atoms with Crippen LogP contribution in [0.5, 0.6) is 0 Å². The summed E-state index contributed by atoms with van der Waals surface area (Å²) in [5, 5.41) is 4.83. The average molecular weight is 260 g/mol. The van der Waals surface area contributed by atoms with E-state index in [0.29, 0.717) is 11.6 Å². The van der Waals surface area contributed by atoms with Crippen LogP contribution < -0.4 is 5.73 Å². The fraction of sp³-hybridized carbons (Fsp3) is 0.750. The summed E-state index contributed by atoms with van der Waals surface area (Å²) in [4.78, 5) is 0. The molecule has 0 radical (unpaired) electrons. The van der Waals surface area contributed by atoms with Gasteiger partial charge in [-0.3, -0.25) is 4.68 Å². The molecule has 0 aromatic carbocycles. The predicted octanol–water partition coefficient (Wildman–Crippen LogP) is 2.93. The van der Waals surface area contributed by atoms with Crippen LogP contribution in [0.3, 0.4) is 0 Å². The maximum absolute atomic E-state index is 6.12. The minimum absolute atomic E-state index is 0.202. The minimum atomic E-state index is -0.258. The smallest absolute Gasteiger partial charge is 0.0835 e. The van der Waals surface area contributed by atoms with Crippen molar-refractivity contribution in [1.82, 2.24) is 9.78 Å². The van der Waals surface area contributed by atoms with Gasteiger partial charge < -0.3 is 10.5 Å². The molecule has 0 bridgehead atoms. The van der Waals surface area contributed by atoms with Crippen LogP contribution in [0.15, 0.2) is 6.20 Å². The van der Waals surface area contributed by atoms with Crippen LogP contribution in [0.25, 0.3) is 0 Å². The van der Waals surface area contributed by atoms with E-state index < -0.39 is 0 Å². The van der Waals surface area contributed by atoms with Crippen LogP contribution in [0.1, 0.15) is 52.4 Å². The molecule has 1 atom stereocenters. The van der Waals surface area contributed by atoms with E-state index in [0.717, 1.165) is 5.69 Å². The summed E-state index contributed by atoms with van der Waals surface area (Å²) < 4.78 is 7.53. The molecule has 1 aromatic heterocycles. The van der Waals surface area contributed by atoms with Crippen LogP contribution >= 0.6 is 11.6 Å². The number of hydrogen-bond acceptors (Lipinski definition) is 3. The molecule has 17 heavy (non-hydrogen) atoms. The third-order valence-corrected chi connectivity index (χ3v) is 2.61. The summed E-state index contributed by atoms with van der Waals surface area (Å²) in [6.07, 6.45) is 1.63. The highest BCUT2D eigenvalue weighted by Crippen LogP contribution is 2.25. The van der Waals surface area contributed by atoms with Crippen molar-refractivity contribution in [3.8, 4) is 0 Å². The number of rotatable bonds is 4. The molecule has 98 valence electrons. The number of halogens is 1. The van der Waals surface area contributed by atoms with Crippen LogP contribution in [0.2, 0.25) is 5.02 Å². The molecular weight excluding hydrogens is 238 g/mol. The molecule has 0 spiro atoms. The number of aromatic nitrogens is 2. The van der Waals surface area contributed by atoms with Crippen LogP contribution in [0, 0.1) is 0 Å². The lowest BCUT2D eigenvalue weighted by Crippen LogP contribution is -2.28. The number of nitrogens with two attached hydrogens (primary N) is 1. The standard InChI is InChI=1S/C12H22ClN3O/c1-8(2)16-11(9(13)6-15-16)10(14)7-17-12(3,4)5/h6,8,10H,7,14H2,1-5H3. The first-order valence-electron chi connectivity index (χ1n) is 5.85. The lowest BCUT2D eigenvalue weighted by molar-refractivity contribution is -0.0112. The zero-order valence-electron chi connectivity index (χ0n) is 11.2. The van der Waals surface area contributed by atoms with Crippen molar-refractivity contribution in [3.63, 3.8) is 0 Å². The second kappa shape index (κ2) is 5.38. The van der Waals surface area contributed by atoms with E-state index in [1.807, 2.05) is 39.3 Å². The lowest BCUT2D eigenvalue weighted by atomic mass is 10.1. The Labute approximate surface area is 108 Å². The maximum Gasteiger partial charge on any atom is 0.0835 e. The second-order valence-corrected chi connectivity index (χ2v) is 5.85. The molecule has 1 heterocycles. The average Bonchev–Trinajstić information content (AvgIpc) is 2.55. The summed E-state index contributed by atoms with van der Waals surface area (Å²) >= 11 is 6.12. The molecule has 0 aliphatic carbocycles. The first-order valence-corrected chi connectivity index (χ1v) is 6.22. The zero-order valence-corrected chi connectivity index (χ0v) is 12.0. The molecule has 1 rings (SSSR count). The van der Waals surface area contributed by atoms with E-state index in [2.05, 4.69) is 5.10 Å². The van der Waals surface area contributed by atoms with Gasteiger partial charge in [0.25, 0.3) is 0 Å². The molecule has 0 saturated heterocycles. The molecule has 1 aromatic rings. The summed E-state index contributed by atoms with van der Waals surface area (Å²) in [6.45, 7) is 10.5. The van der Waals surface area contributed by atoms with Crippen molar-refractivity contribution in [3.05, 3.63) is 16.9 Å². The Morgan fingerprint density at radius 2 is 2.06 bits per heavy atom. The van der Waals surface area contributed by atoms with Gasteiger partial charge in [-0.25, -0.2) is 0 Å². The zero-order chi connectivity index (χ0) is 13.2. The van der Waals surface area contributed by atoms with Crippen molar-refractivity contribution < 1.29 is 4.74 Å². The Balaban J connectivity index is 2.81. The fourth-order valence-electron chi connectivity index (χ4n) is 1.53. The predicted molar refractivity (Wildman–Crippen MR) is 70.3 cm³/mol. The first kappa shape index (κ1) is 14.5. The van der Waals surface area contributed by atoms with Gasteiger partial charge in [0.15, 0.2) is 0 Å². The monoisotopic (exact) mass is 259 g/mol. The topological polar surface area (TPSA) is 53.1 Å². The van der Waals surface area contributed by atoms with E-state index in [1.54, 1.807) is 6.20 Å². The normalized spacial score (nSPS) is 14.4. The molecule has 0 saturated carbocycles. The Bertz CT molecular complexity index is 368. The van der Waals surface area contributed by atoms with Crippen molar-refractivity contribution in [1.29, 1.82) is 0 Å². The van der Waals surface area contributed by atoms with Crippen molar-refractivity contribution >= 4 is 11.6 Å². The summed E-state index contributed by atoms with van der Waals surface area (Å²) in [6, 6.07) is -0.0233. The van der Waals surface area contributed by atoms with Crippen LogP contribution in [-0.2, 0) is 4.74 Å². The quantitative estimate of drug-likeness (QED) is 0.905. The largest absolute Gasteiger partial charge is 0.374 e. The maximum atomic E-state index is 6.12. The lowest BCUT2D eigenvalue weighted by Gasteiger charge is -2.23. The van der Waals surface area contributed by atoms with E-state index in [4.69, 9.17) is 22.1 Å². The Kier molecular flexibility index (Phi) is 4.58. The summed E-state index contributed by atoms with van der Waals surface area (Å²) in [5.41, 5.74) is 6.75. The van der Waals surface area contributed by atoms with E-state index >= 15 is 0 Å². The Morgan fingerprint density at radius 3 is 2.53 bits per heavy atom. The number of nitrogens with zero attached hydrogens (tertiary/aromatic N) is 2. The van der Waals surface area contributed by atoms with Crippen molar-refractivity contribution in [2.45, 2.75) is 52.3 Å². The highest BCUT2D eigenvalue weighted by molar-refractivity contribution is 6.31. The summed E-state index contributed by atoms with van der Waals surface area (Å²) in [7, 11) is 0. The van der Waals surface area contributed by atoms with E-state index in [9.17, 15) is 0 Å². The Morgan fingerprint density at radius 1 is 1.47 bits per heavy atom. The first-order chi connectivity index (χ1) is 7.72. The molecule has 0 fully saturated rings. The highest BCUT2D eigenvalue weighted by Gasteiger charge is 2.21. The van der Waals surface area contributed by atoms with Gasteiger partial charge in [0.05, 0.1) is 35.2 Å². The minimum Gasteiger partial charge on any atom is -0.374 e. The van der Waals surface area contributed by atoms with Gasteiger partial charge in [-0.15, -0.1) is 0 Å². The highest BCUT2D eigenvalue weighted by atomic mass is 35.5. The molecule has 0 aliphatic rings. The molecule has 5 heteroatoms. The van der Waals surface area contributed by atoms with Gasteiger partial charge in [-0.1, -0.05) is 11.6 Å². The third kappa shape index (κ3) is 3.98. The molecule has 4 nitrogen and oxygen atoms in total. The fourth-order valence-corrected chi connectivity index (χ4v) is 1.80. The Hall–Kier alpha value is -0.580. The van der Waals surface area contributed by atoms with E-state index in [-0.39, 0.29) is 17.7 Å². The van der Waals surface area contributed by atoms with Crippen LogP contribution in [0.4, 0.5) is 0 Å². The van der Waals surface area contributed by atoms with Crippen molar-refractivity contribution in [2.24, 2.45) is 5.73 Å². The van der Waals surface area contributed by atoms with Gasteiger partial charge in [-0.2, -0.15) is 5.10 Å². The van der Waals surface area contributed by atoms with Crippen LogP contribution in [-0.4, -0.2) is 22.0 Å². The van der Waals surface area contributed by atoms with Gasteiger partial charge in [0.2, 0.25) is 0 Å². The van der Waals surface area contributed by atoms with Gasteiger partial charge >= 0.3 is 0 Å². The SMILES string of the molecule is CC(C)n1ncc(Cl)c1C(N)COC(C)(C)C. The second-order valence-electron chi connectivity index (χ2n) is 5.45. The molecule has 2 N–H and O–H groups in total. The molecule has 0 amide bonds. The van der Waals surface area contributed by atoms with Gasteiger partial charge in [0.1, 0.15) is 0 Å². The van der Waals surface area contributed by atoms with Gasteiger partial charge in [-0.05, 0) is 34.6 Å². The summed E-state index contributed by atoms with van der Waals surface area (Å²) in [5.74, 6) is 0. The van der Waals surface area contributed by atoms with Gasteiger partial charge in [0, 0.05) is 6.04 Å². The van der Waals surface area contributed by atoms with E-state index in [1.165, 1.54) is 0 Å². The third-order valence-electron chi connectivity index (χ3n) is 2.32. The molecule has 0 aliphatic heterocycles.